The zero-order valence-electron chi connectivity index (χ0n) is 6.79. The van der Waals surface area contributed by atoms with Gasteiger partial charge in [-0.2, -0.15) is 0 Å². The molecule has 1 rings (SSSR count). The Bertz CT molecular complexity index is 158. The maximum Gasteiger partial charge on any atom is 0.220 e. The summed E-state index contributed by atoms with van der Waals surface area (Å²) in [6.07, 6.45) is 1.97. The van der Waals surface area contributed by atoms with Gasteiger partial charge in [0.2, 0.25) is 5.91 Å². The van der Waals surface area contributed by atoms with Crippen molar-refractivity contribution >= 4 is 5.91 Å². The fourth-order valence-electron chi connectivity index (χ4n) is 1.56. The van der Waals surface area contributed by atoms with Crippen LogP contribution in [0.1, 0.15) is 26.2 Å². The summed E-state index contributed by atoms with van der Waals surface area (Å²) in [6, 6.07) is 0. The molecule has 1 aliphatic carbocycles. The summed E-state index contributed by atoms with van der Waals surface area (Å²) < 4.78 is 0. The van der Waals surface area contributed by atoms with Crippen molar-refractivity contribution in [3.63, 3.8) is 0 Å². The van der Waals surface area contributed by atoms with Gasteiger partial charge in [0, 0.05) is 5.92 Å². The Labute approximate surface area is 66.6 Å². The van der Waals surface area contributed by atoms with E-state index < -0.39 is 0 Å². The van der Waals surface area contributed by atoms with E-state index in [0.717, 1.165) is 12.8 Å². The number of amides is 1. The number of nitrogens with two attached hydrogens (primary N) is 1. The van der Waals surface area contributed by atoms with Crippen LogP contribution in [-0.4, -0.2) is 17.1 Å². The number of primary amides is 1. The van der Waals surface area contributed by atoms with Crippen LogP contribution >= 0.6 is 0 Å². The van der Waals surface area contributed by atoms with Gasteiger partial charge in [0.15, 0.2) is 0 Å². The molecule has 1 fully saturated rings. The van der Waals surface area contributed by atoms with Crippen LogP contribution in [0.3, 0.4) is 0 Å². The molecule has 0 aromatic rings. The number of hydrogen-bond donors (Lipinski definition) is 2. The van der Waals surface area contributed by atoms with Gasteiger partial charge >= 0.3 is 0 Å². The molecule has 64 valence electrons. The molecule has 0 aliphatic heterocycles. The predicted molar refractivity (Wildman–Crippen MR) is 41.7 cm³/mol. The normalized spacial score (nSPS) is 38.5. The SMILES string of the molecule is CC1CCC(C(N)=O)CC1O. The molecule has 1 amide bonds. The van der Waals surface area contributed by atoms with Crippen LogP contribution in [0.25, 0.3) is 0 Å². The standard InChI is InChI=1S/C8H15NO2/c1-5-2-3-6(8(9)11)4-7(5)10/h5-7,10H,2-4H2,1H3,(H2,9,11). The summed E-state index contributed by atoms with van der Waals surface area (Å²) in [4.78, 5) is 10.7. The Morgan fingerprint density at radius 1 is 1.55 bits per heavy atom. The molecule has 1 saturated carbocycles. The first-order valence-corrected chi connectivity index (χ1v) is 4.08. The lowest BCUT2D eigenvalue weighted by molar-refractivity contribution is -0.124. The number of hydrogen-bond acceptors (Lipinski definition) is 2. The van der Waals surface area contributed by atoms with Gasteiger partial charge in [-0.15, -0.1) is 0 Å². The Morgan fingerprint density at radius 2 is 2.18 bits per heavy atom. The lowest BCUT2D eigenvalue weighted by Gasteiger charge is -2.28. The van der Waals surface area contributed by atoms with E-state index in [2.05, 4.69) is 0 Å². The van der Waals surface area contributed by atoms with Crippen molar-refractivity contribution in [3.8, 4) is 0 Å². The van der Waals surface area contributed by atoms with Crippen LogP contribution in [-0.2, 0) is 4.79 Å². The second kappa shape index (κ2) is 3.22. The molecule has 3 unspecified atom stereocenters. The van der Waals surface area contributed by atoms with Crippen molar-refractivity contribution in [3.05, 3.63) is 0 Å². The van der Waals surface area contributed by atoms with E-state index in [0.29, 0.717) is 12.3 Å². The summed E-state index contributed by atoms with van der Waals surface area (Å²) in [5.41, 5.74) is 5.12. The number of rotatable bonds is 1. The third-order valence-electron chi connectivity index (χ3n) is 2.56. The zero-order valence-corrected chi connectivity index (χ0v) is 6.79. The van der Waals surface area contributed by atoms with Crippen LogP contribution in [0.15, 0.2) is 0 Å². The largest absolute Gasteiger partial charge is 0.393 e. The van der Waals surface area contributed by atoms with Crippen molar-refractivity contribution in [1.82, 2.24) is 0 Å². The molecule has 0 radical (unpaired) electrons. The molecule has 11 heavy (non-hydrogen) atoms. The molecule has 1 aliphatic rings. The van der Waals surface area contributed by atoms with Crippen molar-refractivity contribution in [2.24, 2.45) is 17.6 Å². The van der Waals surface area contributed by atoms with Crippen LogP contribution < -0.4 is 5.73 Å². The molecule has 0 saturated heterocycles. The Kier molecular flexibility index (Phi) is 2.49. The minimum atomic E-state index is -0.332. The summed E-state index contributed by atoms with van der Waals surface area (Å²) in [5, 5.41) is 9.39. The Morgan fingerprint density at radius 3 is 2.64 bits per heavy atom. The summed E-state index contributed by atoms with van der Waals surface area (Å²) in [6.45, 7) is 2.00. The van der Waals surface area contributed by atoms with Gasteiger partial charge in [0.05, 0.1) is 6.10 Å². The van der Waals surface area contributed by atoms with E-state index in [-0.39, 0.29) is 17.9 Å². The van der Waals surface area contributed by atoms with Gasteiger partial charge in [-0.25, -0.2) is 0 Å². The maximum atomic E-state index is 10.7. The third-order valence-corrected chi connectivity index (χ3v) is 2.56. The fraction of sp³-hybridized carbons (Fsp3) is 0.875. The average molecular weight is 157 g/mol. The smallest absolute Gasteiger partial charge is 0.220 e. The highest BCUT2D eigenvalue weighted by Gasteiger charge is 2.28. The molecule has 0 heterocycles. The summed E-state index contributed by atoms with van der Waals surface area (Å²) in [5.74, 6) is -0.0391. The quantitative estimate of drug-likeness (QED) is 0.573. The third kappa shape index (κ3) is 1.93. The van der Waals surface area contributed by atoms with Crippen LogP contribution in [0.2, 0.25) is 0 Å². The first-order chi connectivity index (χ1) is 5.11. The lowest BCUT2D eigenvalue weighted by Crippen LogP contribution is -2.34. The van der Waals surface area contributed by atoms with Gasteiger partial charge in [0.1, 0.15) is 0 Å². The summed E-state index contributed by atoms with van der Waals surface area (Å²) in [7, 11) is 0. The highest BCUT2D eigenvalue weighted by atomic mass is 16.3. The topological polar surface area (TPSA) is 63.3 Å². The molecule has 0 aromatic carbocycles. The molecule has 3 N–H and O–H groups in total. The van der Waals surface area contributed by atoms with Gasteiger partial charge in [-0.3, -0.25) is 4.79 Å². The first kappa shape index (κ1) is 8.53. The van der Waals surface area contributed by atoms with Gasteiger partial charge in [0.25, 0.3) is 0 Å². The average Bonchev–Trinajstić information content (AvgIpc) is 1.94. The summed E-state index contributed by atoms with van der Waals surface area (Å²) >= 11 is 0. The molecule has 0 aromatic heterocycles. The molecule has 3 nitrogen and oxygen atoms in total. The predicted octanol–water partition coefficient (Wildman–Crippen LogP) is 0.269. The number of carbonyl (C=O) groups excluding carboxylic acids is 1. The second-order valence-electron chi connectivity index (χ2n) is 3.46. The highest BCUT2D eigenvalue weighted by molar-refractivity contribution is 5.76. The van der Waals surface area contributed by atoms with Crippen LogP contribution in [0.4, 0.5) is 0 Å². The minimum Gasteiger partial charge on any atom is -0.393 e. The Hall–Kier alpha value is -0.570. The number of carbonyl (C=O) groups is 1. The monoisotopic (exact) mass is 157 g/mol. The second-order valence-corrected chi connectivity index (χ2v) is 3.46. The highest BCUT2D eigenvalue weighted by Crippen LogP contribution is 2.28. The maximum absolute atomic E-state index is 10.7. The van der Waals surface area contributed by atoms with E-state index in [1.807, 2.05) is 6.92 Å². The van der Waals surface area contributed by atoms with E-state index in [9.17, 15) is 9.90 Å². The molecule has 0 bridgehead atoms. The van der Waals surface area contributed by atoms with E-state index in [1.54, 1.807) is 0 Å². The van der Waals surface area contributed by atoms with Crippen LogP contribution in [0.5, 0.6) is 0 Å². The zero-order chi connectivity index (χ0) is 8.43. The molecular weight excluding hydrogens is 142 g/mol. The van der Waals surface area contributed by atoms with Crippen molar-refractivity contribution in [2.75, 3.05) is 0 Å². The fourth-order valence-corrected chi connectivity index (χ4v) is 1.56. The number of aliphatic hydroxyl groups is 1. The lowest BCUT2D eigenvalue weighted by atomic mass is 9.80. The van der Waals surface area contributed by atoms with E-state index >= 15 is 0 Å². The molecule has 3 atom stereocenters. The minimum absolute atomic E-state index is 0.0961. The van der Waals surface area contributed by atoms with E-state index in [1.165, 1.54) is 0 Å². The van der Waals surface area contributed by atoms with Gasteiger partial charge < -0.3 is 10.8 Å². The first-order valence-electron chi connectivity index (χ1n) is 4.08. The van der Waals surface area contributed by atoms with Gasteiger partial charge in [-0.05, 0) is 25.2 Å². The number of aliphatic hydroxyl groups excluding tert-OH is 1. The molecular formula is C8H15NO2. The van der Waals surface area contributed by atoms with Crippen LogP contribution in [0, 0.1) is 11.8 Å². The van der Waals surface area contributed by atoms with E-state index in [4.69, 9.17) is 5.73 Å². The molecule has 0 spiro atoms. The Balaban J connectivity index is 2.46. The van der Waals surface area contributed by atoms with Crippen molar-refractivity contribution < 1.29 is 9.90 Å². The molecule has 3 heteroatoms. The van der Waals surface area contributed by atoms with Gasteiger partial charge in [-0.1, -0.05) is 6.92 Å². The van der Waals surface area contributed by atoms with Crippen molar-refractivity contribution in [2.45, 2.75) is 32.3 Å². The van der Waals surface area contributed by atoms with Crippen molar-refractivity contribution in [1.29, 1.82) is 0 Å².